The van der Waals surface area contributed by atoms with Crippen LogP contribution in [0.25, 0.3) is 0 Å². The Kier molecular flexibility index (Phi) is 3.48. The van der Waals surface area contributed by atoms with E-state index in [-0.39, 0.29) is 11.1 Å². The van der Waals surface area contributed by atoms with Gasteiger partial charge in [0, 0.05) is 15.8 Å². The lowest BCUT2D eigenvalue weighted by Crippen LogP contribution is -2.39. The molecule has 1 fully saturated rings. The number of hydrogen-bond acceptors (Lipinski definition) is 2. The second kappa shape index (κ2) is 4.55. The molecule has 1 heterocycles. The molecule has 2 atom stereocenters. The van der Waals surface area contributed by atoms with Gasteiger partial charge in [-0.15, -0.1) is 0 Å². The second-order valence-electron chi connectivity index (χ2n) is 4.16. The lowest BCUT2D eigenvalue weighted by Gasteiger charge is -2.38. The largest absolute Gasteiger partial charge is 0.384 e. The van der Waals surface area contributed by atoms with Gasteiger partial charge >= 0.3 is 0 Å². The molecule has 16 heavy (non-hydrogen) atoms. The summed E-state index contributed by atoms with van der Waals surface area (Å²) in [6.07, 6.45) is 1.57. The van der Waals surface area contributed by atoms with E-state index in [0.29, 0.717) is 17.0 Å². The minimum atomic E-state index is -0.998. The summed E-state index contributed by atoms with van der Waals surface area (Å²) >= 11 is 7.75. The number of aliphatic hydroxyl groups is 1. The Hall–Kier alpha value is -0.250. The third kappa shape index (κ3) is 2.08. The maximum absolute atomic E-state index is 13.2. The van der Waals surface area contributed by atoms with E-state index in [0.717, 1.165) is 12.2 Å². The molecule has 1 nitrogen and oxygen atoms in total. The molecule has 0 aliphatic carbocycles. The van der Waals surface area contributed by atoms with E-state index in [2.05, 4.69) is 0 Å². The van der Waals surface area contributed by atoms with Gasteiger partial charge in [-0.05, 0) is 36.8 Å². The maximum atomic E-state index is 13.2. The first kappa shape index (κ1) is 12.2. The normalized spacial score (nSPS) is 30.4. The molecule has 0 aromatic heterocycles. The fraction of sp³-hybridized carbons (Fsp3) is 0.500. The van der Waals surface area contributed by atoms with Crippen molar-refractivity contribution in [3.63, 3.8) is 0 Å². The van der Waals surface area contributed by atoms with E-state index in [9.17, 15) is 9.50 Å². The Morgan fingerprint density at radius 2 is 2.31 bits per heavy atom. The Balaban J connectivity index is 2.44. The van der Waals surface area contributed by atoms with Gasteiger partial charge in [0.15, 0.2) is 0 Å². The molecule has 2 rings (SSSR count). The summed E-state index contributed by atoms with van der Waals surface area (Å²) in [4.78, 5) is 0. The number of thioether (sulfide) groups is 1. The fourth-order valence-electron chi connectivity index (χ4n) is 2.13. The Labute approximate surface area is 104 Å². The van der Waals surface area contributed by atoms with E-state index in [1.165, 1.54) is 18.2 Å². The molecule has 0 saturated carbocycles. The Morgan fingerprint density at radius 1 is 1.56 bits per heavy atom. The van der Waals surface area contributed by atoms with Crippen molar-refractivity contribution < 1.29 is 9.50 Å². The lowest BCUT2D eigenvalue weighted by molar-refractivity contribution is 0.0252. The Morgan fingerprint density at radius 3 is 3.00 bits per heavy atom. The standard InChI is InChI=1S/C12H14ClFOS/c1-8-12(15,5-2-6-16-8)10-7-9(14)3-4-11(10)13/h3-4,7-8,15H,2,5-6H2,1H3. The summed E-state index contributed by atoms with van der Waals surface area (Å²) in [6, 6.07) is 4.18. The van der Waals surface area contributed by atoms with Crippen LogP contribution >= 0.6 is 23.4 Å². The van der Waals surface area contributed by atoms with Crippen molar-refractivity contribution in [3.05, 3.63) is 34.6 Å². The number of rotatable bonds is 1. The molecule has 0 bridgehead atoms. The van der Waals surface area contributed by atoms with Crippen LogP contribution < -0.4 is 0 Å². The average molecular weight is 261 g/mol. The smallest absolute Gasteiger partial charge is 0.123 e. The van der Waals surface area contributed by atoms with Crippen LogP contribution in [0.1, 0.15) is 25.3 Å². The van der Waals surface area contributed by atoms with Crippen molar-refractivity contribution in [2.45, 2.75) is 30.6 Å². The molecule has 1 aromatic carbocycles. The van der Waals surface area contributed by atoms with Gasteiger partial charge < -0.3 is 5.11 Å². The highest BCUT2D eigenvalue weighted by Gasteiger charge is 2.39. The summed E-state index contributed by atoms with van der Waals surface area (Å²) in [7, 11) is 0. The predicted molar refractivity (Wildman–Crippen MR) is 66.5 cm³/mol. The molecule has 2 unspecified atom stereocenters. The molecule has 0 amide bonds. The minimum Gasteiger partial charge on any atom is -0.384 e. The van der Waals surface area contributed by atoms with E-state index >= 15 is 0 Å². The SMILES string of the molecule is CC1SCCCC1(O)c1cc(F)ccc1Cl. The highest BCUT2D eigenvalue weighted by atomic mass is 35.5. The van der Waals surface area contributed by atoms with Gasteiger partial charge in [-0.3, -0.25) is 0 Å². The van der Waals surface area contributed by atoms with Gasteiger partial charge in [0.1, 0.15) is 11.4 Å². The van der Waals surface area contributed by atoms with Gasteiger partial charge in [-0.2, -0.15) is 11.8 Å². The zero-order valence-electron chi connectivity index (χ0n) is 9.04. The summed E-state index contributed by atoms with van der Waals surface area (Å²) in [5, 5.41) is 11.1. The van der Waals surface area contributed by atoms with Crippen LogP contribution in [0.4, 0.5) is 4.39 Å². The zero-order chi connectivity index (χ0) is 11.8. The van der Waals surface area contributed by atoms with E-state index in [1.54, 1.807) is 11.8 Å². The van der Waals surface area contributed by atoms with Crippen molar-refractivity contribution >= 4 is 23.4 Å². The maximum Gasteiger partial charge on any atom is 0.123 e. The molecule has 0 radical (unpaired) electrons. The third-order valence-corrected chi connectivity index (χ3v) is 4.88. The van der Waals surface area contributed by atoms with Crippen LogP contribution in [0.2, 0.25) is 5.02 Å². The van der Waals surface area contributed by atoms with Crippen molar-refractivity contribution in [1.29, 1.82) is 0 Å². The predicted octanol–water partition coefficient (Wildman–Crippen LogP) is 3.58. The third-order valence-electron chi connectivity index (χ3n) is 3.14. The number of benzene rings is 1. The van der Waals surface area contributed by atoms with E-state index in [1.807, 2.05) is 6.92 Å². The van der Waals surface area contributed by atoms with Crippen molar-refractivity contribution in [2.24, 2.45) is 0 Å². The number of halogens is 2. The van der Waals surface area contributed by atoms with Gasteiger partial charge in [0.25, 0.3) is 0 Å². The molecule has 1 N–H and O–H groups in total. The number of hydrogen-bond donors (Lipinski definition) is 1. The first-order chi connectivity index (χ1) is 7.54. The minimum absolute atomic E-state index is 0.0422. The van der Waals surface area contributed by atoms with Crippen LogP contribution in [-0.2, 0) is 5.60 Å². The van der Waals surface area contributed by atoms with Crippen LogP contribution in [0, 0.1) is 5.82 Å². The summed E-state index contributed by atoms with van der Waals surface area (Å²) in [5.41, 5.74) is -0.476. The molecule has 4 heteroatoms. The monoisotopic (exact) mass is 260 g/mol. The molecule has 1 aliphatic heterocycles. The summed E-state index contributed by atoms with van der Waals surface area (Å²) in [6.45, 7) is 1.96. The molecule has 1 aromatic rings. The molecule has 1 aliphatic rings. The average Bonchev–Trinajstić information content (AvgIpc) is 2.26. The second-order valence-corrected chi connectivity index (χ2v) is 6.02. The molecule has 88 valence electrons. The van der Waals surface area contributed by atoms with Gasteiger partial charge in [0.2, 0.25) is 0 Å². The molecule has 1 saturated heterocycles. The quantitative estimate of drug-likeness (QED) is 0.833. The van der Waals surface area contributed by atoms with Gasteiger partial charge in [-0.25, -0.2) is 4.39 Å². The van der Waals surface area contributed by atoms with Crippen molar-refractivity contribution in [2.75, 3.05) is 5.75 Å². The first-order valence-electron chi connectivity index (χ1n) is 5.33. The van der Waals surface area contributed by atoms with Crippen LogP contribution in [-0.4, -0.2) is 16.1 Å². The molecular weight excluding hydrogens is 247 g/mol. The highest BCUT2D eigenvalue weighted by molar-refractivity contribution is 8.00. The molecular formula is C12H14ClFOS. The zero-order valence-corrected chi connectivity index (χ0v) is 10.6. The van der Waals surface area contributed by atoms with E-state index < -0.39 is 5.60 Å². The van der Waals surface area contributed by atoms with Crippen LogP contribution in [0.5, 0.6) is 0 Å². The molecule has 0 spiro atoms. The topological polar surface area (TPSA) is 20.2 Å². The fourth-order valence-corrected chi connectivity index (χ4v) is 3.59. The van der Waals surface area contributed by atoms with E-state index in [4.69, 9.17) is 11.6 Å². The summed E-state index contributed by atoms with van der Waals surface area (Å²) in [5.74, 6) is 0.687. The lowest BCUT2D eigenvalue weighted by atomic mass is 9.86. The highest BCUT2D eigenvalue weighted by Crippen LogP contribution is 2.43. The Bertz CT molecular complexity index is 399. The first-order valence-corrected chi connectivity index (χ1v) is 6.76. The van der Waals surface area contributed by atoms with Crippen molar-refractivity contribution in [3.8, 4) is 0 Å². The van der Waals surface area contributed by atoms with Crippen molar-refractivity contribution in [1.82, 2.24) is 0 Å². The summed E-state index contributed by atoms with van der Waals surface area (Å²) < 4.78 is 13.2. The van der Waals surface area contributed by atoms with Crippen LogP contribution in [0.15, 0.2) is 18.2 Å². The van der Waals surface area contributed by atoms with Gasteiger partial charge in [-0.1, -0.05) is 18.5 Å². The van der Waals surface area contributed by atoms with Crippen LogP contribution in [0.3, 0.4) is 0 Å². The van der Waals surface area contributed by atoms with Gasteiger partial charge in [0.05, 0.1) is 0 Å².